The molecule has 1 amide bonds. The Morgan fingerprint density at radius 1 is 1.28 bits per heavy atom. The highest BCUT2D eigenvalue weighted by atomic mass is 16.5. The molecule has 1 unspecified atom stereocenters. The van der Waals surface area contributed by atoms with Crippen LogP contribution in [-0.4, -0.2) is 31.7 Å². The lowest BCUT2D eigenvalue weighted by molar-refractivity contribution is -0.124. The normalized spacial score (nSPS) is 21.2. The van der Waals surface area contributed by atoms with E-state index in [1.807, 2.05) is 37.3 Å². The lowest BCUT2D eigenvalue weighted by Gasteiger charge is -2.29. The number of aromatic nitrogens is 1. The zero-order valence-electron chi connectivity index (χ0n) is 14.9. The Bertz CT molecular complexity index is 735. The smallest absolute Gasteiger partial charge is 0.223 e. The zero-order valence-corrected chi connectivity index (χ0v) is 14.9. The molecule has 2 aromatic rings. The van der Waals surface area contributed by atoms with Gasteiger partial charge in [0.1, 0.15) is 5.60 Å². The van der Waals surface area contributed by atoms with Crippen LogP contribution in [0.25, 0.3) is 0 Å². The fourth-order valence-corrected chi connectivity index (χ4v) is 3.08. The van der Waals surface area contributed by atoms with E-state index in [9.17, 15) is 4.79 Å². The van der Waals surface area contributed by atoms with Gasteiger partial charge in [-0.3, -0.25) is 4.79 Å². The summed E-state index contributed by atoms with van der Waals surface area (Å²) < 4.78 is 10.9. The topological polar surface area (TPSA) is 60.5 Å². The Balaban J connectivity index is 1.62. The fraction of sp³-hybridized carbons (Fsp3) is 0.400. The highest BCUT2D eigenvalue weighted by molar-refractivity contribution is 5.83. The second-order valence-electron chi connectivity index (χ2n) is 6.60. The molecular weight excluding hydrogens is 316 g/mol. The van der Waals surface area contributed by atoms with Gasteiger partial charge < -0.3 is 14.8 Å². The van der Waals surface area contributed by atoms with Gasteiger partial charge in [0.15, 0.2) is 0 Å². The van der Waals surface area contributed by atoms with Crippen LogP contribution >= 0.6 is 0 Å². The Labute approximate surface area is 148 Å². The molecule has 1 aromatic heterocycles. The number of methoxy groups -OCH3 is 2. The molecule has 1 aliphatic rings. The van der Waals surface area contributed by atoms with Crippen LogP contribution in [0.3, 0.4) is 0 Å². The van der Waals surface area contributed by atoms with E-state index < -0.39 is 5.60 Å². The molecule has 0 radical (unpaired) electrons. The molecular formula is C20H24N2O3. The Morgan fingerprint density at radius 3 is 2.72 bits per heavy atom. The van der Waals surface area contributed by atoms with Gasteiger partial charge in [0, 0.05) is 25.3 Å². The van der Waals surface area contributed by atoms with E-state index >= 15 is 0 Å². The summed E-state index contributed by atoms with van der Waals surface area (Å²) in [4.78, 5) is 16.6. The van der Waals surface area contributed by atoms with Crippen LogP contribution in [0.4, 0.5) is 0 Å². The molecule has 25 heavy (non-hydrogen) atoms. The molecule has 1 heterocycles. The number of carbonyl (C=O) groups is 1. The molecule has 1 aliphatic carbocycles. The van der Waals surface area contributed by atoms with Crippen molar-refractivity contribution in [2.75, 3.05) is 20.8 Å². The standard InChI is InChI=1S/C20H24N2O3/c1-20(25-3,15-9-10-21-18(11-15)24-2)13-22-19(23)17-12-16(17)14-7-5-4-6-8-14/h4-11,16-17H,12-13H2,1-3H3,(H,22,23)/t16-,17+,20?/m1/s1. The van der Waals surface area contributed by atoms with E-state index in [2.05, 4.69) is 22.4 Å². The number of nitrogens with zero attached hydrogens (tertiary/aromatic N) is 1. The molecule has 0 bridgehead atoms. The van der Waals surface area contributed by atoms with Crippen molar-refractivity contribution in [1.82, 2.24) is 10.3 Å². The molecule has 0 aliphatic heterocycles. The van der Waals surface area contributed by atoms with Gasteiger partial charge in [-0.15, -0.1) is 0 Å². The molecule has 1 aromatic carbocycles. The van der Waals surface area contributed by atoms with Crippen molar-refractivity contribution >= 4 is 5.91 Å². The minimum Gasteiger partial charge on any atom is -0.481 e. The maximum Gasteiger partial charge on any atom is 0.223 e. The quantitative estimate of drug-likeness (QED) is 0.842. The van der Waals surface area contributed by atoms with Crippen molar-refractivity contribution in [2.45, 2.75) is 24.9 Å². The van der Waals surface area contributed by atoms with Crippen LogP contribution < -0.4 is 10.1 Å². The van der Waals surface area contributed by atoms with E-state index in [-0.39, 0.29) is 11.8 Å². The van der Waals surface area contributed by atoms with Gasteiger partial charge in [-0.05, 0) is 36.5 Å². The summed E-state index contributed by atoms with van der Waals surface area (Å²) >= 11 is 0. The number of benzene rings is 1. The van der Waals surface area contributed by atoms with Gasteiger partial charge >= 0.3 is 0 Å². The van der Waals surface area contributed by atoms with Crippen molar-refractivity contribution < 1.29 is 14.3 Å². The average molecular weight is 340 g/mol. The third-order valence-corrected chi connectivity index (χ3v) is 4.96. The molecule has 5 nitrogen and oxygen atoms in total. The summed E-state index contributed by atoms with van der Waals surface area (Å²) in [7, 11) is 3.22. The first-order valence-electron chi connectivity index (χ1n) is 8.46. The summed E-state index contributed by atoms with van der Waals surface area (Å²) in [5.41, 5.74) is 1.51. The predicted molar refractivity (Wildman–Crippen MR) is 95.4 cm³/mol. The highest BCUT2D eigenvalue weighted by Crippen LogP contribution is 2.47. The molecule has 1 fully saturated rings. The lowest BCUT2D eigenvalue weighted by atomic mass is 9.96. The van der Waals surface area contributed by atoms with E-state index in [0.29, 0.717) is 18.3 Å². The Hall–Kier alpha value is -2.40. The fourth-order valence-electron chi connectivity index (χ4n) is 3.08. The largest absolute Gasteiger partial charge is 0.481 e. The molecule has 0 spiro atoms. The molecule has 3 rings (SSSR count). The van der Waals surface area contributed by atoms with Crippen LogP contribution in [0.2, 0.25) is 0 Å². The van der Waals surface area contributed by atoms with Crippen molar-refractivity contribution in [2.24, 2.45) is 5.92 Å². The van der Waals surface area contributed by atoms with E-state index in [1.165, 1.54) is 5.56 Å². The minimum atomic E-state index is -0.636. The Kier molecular flexibility index (Phi) is 5.04. The number of amides is 1. The summed E-state index contributed by atoms with van der Waals surface area (Å²) in [6.07, 6.45) is 2.59. The van der Waals surface area contributed by atoms with Gasteiger partial charge in [0.2, 0.25) is 11.8 Å². The van der Waals surface area contributed by atoms with Crippen LogP contribution in [0.5, 0.6) is 5.88 Å². The molecule has 132 valence electrons. The average Bonchev–Trinajstić information content (AvgIpc) is 3.47. The summed E-state index contributed by atoms with van der Waals surface area (Å²) in [5.74, 6) is 0.989. The monoisotopic (exact) mass is 340 g/mol. The third kappa shape index (κ3) is 3.82. The minimum absolute atomic E-state index is 0.0514. The predicted octanol–water partition coefficient (Wildman–Crippen LogP) is 2.87. The second-order valence-corrected chi connectivity index (χ2v) is 6.60. The van der Waals surface area contributed by atoms with Gasteiger partial charge in [-0.25, -0.2) is 4.98 Å². The Morgan fingerprint density at radius 2 is 2.04 bits per heavy atom. The van der Waals surface area contributed by atoms with Crippen LogP contribution in [0, 0.1) is 5.92 Å². The number of hydrogen-bond acceptors (Lipinski definition) is 4. The second kappa shape index (κ2) is 7.23. The van der Waals surface area contributed by atoms with E-state index in [4.69, 9.17) is 9.47 Å². The van der Waals surface area contributed by atoms with Crippen molar-refractivity contribution in [1.29, 1.82) is 0 Å². The maximum absolute atomic E-state index is 12.5. The first kappa shape index (κ1) is 17.4. The molecule has 3 atom stereocenters. The van der Waals surface area contributed by atoms with Crippen molar-refractivity contribution in [3.8, 4) is 5.88 Å². The first-order valence-corrected chi connectivity index (χ1v) is 8.46. The van der Waals surface area contributed by atoms with Crippen LogP contribution in [0.15, 0.2) is 48.7 Å². The summed E-state index contributed by atoms with van der Waals surface area (Å²) in [5, 5.41) is 3.05. The van der Waals surface area contributed by atoms with Gasteiger partial charge in [0.25, 0.3) is 0 Å². The van der Waals surface area contributed by atoms with Crippen molar-refractivity contribution in [3.05, 3.63) is 59.8 Å². The molecule has 1 saturated carbocycles. The molecule has 1 N–H and O–H groups in total. The molecule has 0 saturated heterocycles. The summed E-state index contributed by atoms with van der Waals surface area (Å²) in [6, 6.07) is 13.9. The number of nitrogens with one attached hydrogen (secondary N) is 1. The van der Waals surface area contributed by atoms with Gasteiger partial charge in [-0.2, -0.15) is 0 Å². The number of pyridine rings is 1. The number of hydrogen-bond donors (Lipinski definition) is 1. The third-order valence-electron chi connectivity index (χ3n) is 4.96. The van der Waals surface area contributed by atoms with Gasteiger partial charge in [0.05, 0.1) is 13.7 Å². The van der Waals surface area contributed by atoms with E-state index in [1.54, 1.807) is 20.4 Å². The molecule has 5 heteroatoms. The van der Waals surface area contributed by atoms with Gasteiger partial charge in [-0.1, -0.05) is 30.3 Å². The van der Waals surface area contributed by atoms with Crippen LogP contribution in [-0.2, 0) is 15.1 Å². The highest BCUT2D eigenvalue weighted by Gasteiger charge is 2.44. The summed E-state index contributed by atoms with van der Waals surface area (Å²) in [6.45, 7) is 2.34. The zero-order chi connectivity index (χ0) is 17.9. The number of ether oxygens (including phenoxy) is 2. The number of carbonyl (C=O) groups excluding carboxylic acids is 1. The van der Waals surface area contributed by atoms with Crippen molar-refractivity contribution in [3.63, 3.8) is 0 Å². The number of rotatable bonds is 7. The maximum atomic E-state index is 12.5. The van der Waals surface area contributed by atoms with Crippen LogP contribution in [0.1, 0.15) is 30.4 Å². The first-order chi connectivity index (χ1) is 12.1. The SMILES string of the molecule is COc1cc(C(C)(CNC(=O)[C@H]2C[C@@H]2c2ccccc2)OC)ccn1. The lowest BCUT2D eigenvalue weighted by Crippen LogP contribution is -2.40. The van der Waals surface area contributed by atoms with E-state index in [0.717, 1.165) is 12.0 Å².